The molecule has 0 spiro atoms. The molecule has 16 heavy (non-hydrogen) atoms. The Morgan fingerprint density at radius 2 is 2.31 bits per heavy atom. The van der Waals surface area contributed by atoms with Crippen LogP contribution in [0.2, 0.25) is 5.02 Å². The fourth-order valence-corrected chi connectivity index (χ4v) is 1.93. The van der Waals surface area contributed by atoms with Gasteiger partial charge >= 0.3 is 0 Å². The maximum Gasteiger partial charge on any atom is 0.103 e. The first kappa shape index (κ1) is 11.5. The summed E-state index contributed by atoms with van der Waals surface area (Å²) in [7, 11) is 0. The zero-order chi connectivity index (χ0) is 11.5. The van der Waals surface area contributed by atoms with Gasteiger partial charge in [0.2, 0.25) is 0 Å². The summed E-state index contributed by atoms with van der Waals surface area (Å²) in [4.78, 5) is 7.28. The molecule has 0 saturated carbocycles. The van der Waals surface area contributed by atoms with Crippen LogP contribution in [-0.2, 0) is 6.54 Å². The molecule has 0 aliphatic heterocycles. The van der Waals surface area contributed by atoms with E-state index in [1.165, 1.54) is 0 Å². The lowest BCUT2D eigenvalue weighted by atomic mass is 10.3. The summed E-state index contributed by atoms with van der Waals surface area (Å²) in [5.41, 5.74) is 1.94. The number of aromatic nitrogens is 2. The van der Waals surface area contributed by atoms with Gasteiger partial charge in [0.25, 0.3) is 0 Å². The molecule has 1 aromatic carbocycles. The lowest BCUT2D eigenvalue weighted by molar-refractivity contribution is 1.05. The molecule has 2 rings (SSSR count). The molecule has 0 atom stereocenters. The van der Waals surface area contributed by atoms with E-state index in [0.29, 0.717) is 11.6 Å². The van der Waals surface area contributed by atoms with E-state index in [1.54, 1.807) is 0 Å². The van der Waals surface area contributed by atoms with Gasteiger partial charge in [-0.25, -0.2) is 4.98 Å². The first-order valence-corrected chi connectivity index (χ1v) is 6.01. The standard InChI is InChI=1S/C11H11BrClN3/c1-7-14-5-9(16-7)6-15-11-4-8(12)2-3-10(11)13/h2-5,15H,6H2,1H3,(H,14,16). The first-order valence-electron chi connectivity index (χ1n) is 4.84. The van der Waals surface area contributed by atoms with Crippen molar-refractivity contribution >= 4 is 33.2 Å². The van der Waals surface area contributed by atoms with Crippen molar-refractivity contribution < 1.29 is 0 Å². The molecule has 84 valence electrons. The quantitative estimate of drug-likeness (QED) is 0.906. The van der Waals surface area contributed by atoms with E-state index >= 15 is 0 Å². The molecule has 0 saturated heterocycles. The minimum atomic E-state index is 0.678. The molecular formula is C11H11BrClN3. The van der Waals surface area contributed by atoms with Crippen LogP contribution < -0.4 is 5.32 Å². The Morgan fingerprint density at radius 3 is 3.00 bits per heavy atom. The first-order chi connectivity index (χ1) is 7.65. The molecule has 0 bridgehead atoms. The Morgan fingerprint density at radius 1 is 1.50 bits per heavy atom. The predicted octanol–water partition coefficient (Wildman–Crippen LogP) is 3.75. The van der Waals surface area contributed by atoms with Crippen LogP contribution in [0.5, 0.6) is 0 Å². The number of rotatable bonds is 3. The van der Waals surface area contributed by atoms with Crippen LogP contribution in [0, 0.1) is 6.92 Å². The summed E-state index contributed by atoms with van der Waals surface area (Å²) in [6.07, 6.45) is 1.81. The number of nitrogens with zero attached hydrogens (tertiary/aromatic N) is 1. The topological polar surface area (TPSA) is 40.7 Å². The van der Waals surface area contributed by atoms with Gasteiger partial charge in [-0.1, -0.05) is 27.5 Å². The van der Waals surface area contributed by atoms with Crippen molar-refractivity contribution in [2.75, 3.05) is 5.32 Å². The number of halogens is 2. The Kier molecular flexibility index (Phi) is 3.51. The summed E-state index contributed by atoms with van der Waals surface area (Å²) in [5.74, 6) is 0.914. The Balaban J connectivity index is 2.07. The smallest absolute Gasteiger partial charge is 0.103 e. The number of nitrogens with one attached hydrogen (secondary N) is 2. The van der Waals surface area contributed by atoms with Crippen molar-refractivity contribution in [3.8, 4) is 0 Å². The summed E-state index contributed by atoms with van der Waals surface area (Å²) >= 11 is 9.47. The second-order valence-electron chi connectivity index (χ2n) is 3.47. The lowest BCUT2D eigenvalue weighted by Gasteiger charge is -2.07. The van der Waals surface area contributed by atoms with Crippen molar-refractivity contribution in [3.05, 3.63) is 45.4 Å². The number of hydrogen-bond donors (Lipinski definition) is 2. The Bertz CT molecular complexity index is 496. The highest BCUT2D eigenvalue weighted by Crippen LogP contribution is 2.25. The van der Waals surface area contributed by atoms with E-state index in [2.05, 4.69) is 31.2 Å². The number of H-pyrrole nitrogens is 1. The normalized spacial score (nSPS) is 10.4. The van der Waals surface area contributed by atoms with E-state index in [-0.39, 0.29) is 0 Å². The zero-order valence-electron chi connectivity index (χ0n) is 8.72. The van der Waals surface area contributed by atoms with Crippen molar-refractivity contribution in [2.24, 2.45) is 0 Å². The number of anilines is 1. The molecule has 0 aliphatic rings. The van der Waals surface area contributed by atoms with Gasteiger partial charge in [0, 0.05) is 4.47 Å². The fraction of sp³-hybridized carbons (Fsp3) is 0.182. The molecule has 2 aromatic rings. The third-order valence-corrected chi connectivity index (χ3v) is 2.98. The van der Waals surface area contributed by atoms with Crippen LogP contribution in [0.25, 0.3) is 0 Å². The third kappa shape index (κ3) is 2.77. The highest BCUT2D eigenvalue weighted by Gasteiger charge is 2.02. The molecule has 5 heteroatoms. The summed E-state index contributed by atoms with van der Waals surface area (Å²) in [6, 6.07) is 5.71. The second kappa shape index (κ2) is 4.89. The second-order valence-corrected chi connectivity index (χ2v) is 4.79. The van der Waals surface area contributed by atoms with Crippen molar-refractivity contribution in [3.63, 3.8) is 0 Å². The highest BCUT2D eigenvalue weighted by molar-refractivity contribution is 9.10. The lowest BCUT2D eigenvalue weighted by Crippen LogP contribution is -2.00. The van der Waals surface area contributed by atoms with Gasteiger partial charge in [0.05, 0.1) is 29.1 Å². The number of benzene rings is 1. The molecule has 0 aliphatic carbocycles. The summed E-state index contributed by atoms with van der Waals surface area (Å²) in [6.45, 7) is 2.60. The minimum Gasteiger partial charge on any atom is -0.378 e. The van der Waals surface area contributed by atoms with Crippen LogP contribution in [0.1, 0.15) is 11.5 Å². The van der Waals surface area contributed by atoms with E-state index in [1.807, 2.05) is 31.3 Å². The van der Waals surface area contributed by atoms with E-state index < -0.39 is 0 Å². The maximum atomic E-state index is 6.06. The van der Waals surface area contributed by atoms with Gasteiger partial charge in [-0.05, 0) is 25.1 Å². The van der Waals surface area contributed by atoms with E-state index in [0.717, 1.165) is 21.7 Å². The molecule has 0 unspecified atom stereocenters. The molecular weight excluding hydrogens is 289 g/mol. The highest BCUT2D eigenvalue weighted by atomic mass is 79.9. The summed E-state index contributed by atoms with van der Waals surface area (Å²) < 4.78 is 1.00. The van der Waals surface area contributed by atoms with Crippen molar-refractivity contribution in [1.29, 1.82) is 0 Å². The average molecular weight is 301 g/mol. The van der Waals surface area contributed by atoms with Gasteiger partial charge in [-0.3, -0.25) is 0 Å². The predicted molar refractivity (Wildman–Crippen MR) is 69.8 cm³/mol. The largest absolute Gasteiger partial charge is 0.378 e. The molecule has 0 amide bonds. The molecule has 1 aromatic heterocycles. The fourth-order valence-electron chi connectivity index (χ4n) is 1.38. The minimum absolute atomic E-state index is 0.678. The molecule has 0 fully saturated rings. The molecule has 1 heterocycles. The van der Waals surface area contributed by atoms with Gasteiger partial charge in [-0.15, -0.1) is 0 Å². The monoisotopic (exact) mass is 299 g/mol. The van der Waals surface area contributed by atoms with Crippen LogP contribution in [-0.4, -0.2) is 9.97 Å². The van der Waals surface area contributed by atoms with E-state index in [9.17, 15) is 0 Å². The molecule has 2 N–H and O–H groups in total. The summed E-state index contributed by atoms with van der Waals surface area (Å²) in [5, 5.41) is 3.96. The molecule has 0 radical (unpaired) electrons. The number of hydrogen-bond acceptors (Lipinski definition) is 2. The Labute approximate surface area is 107 Å². The van der Waals surface area contributed by atoms with E-state index in [4.69, 9.17) is 11.6 Å². The number of aryl methyl sites for hydroxylation is 1. The van der Waals surface area contributed by atoms with Crippen LogP contribution in [0.3, 0.4) is 0 Å². The van der Waals surface area contributed by atoms with Gasteiger partial charge in [0.15, 0.2) is 0 Å². The SMILES string of the molecule is Cc1ncc(CNc2cc(Br)ccc2Cl)[nH]1. The van der Waals surface area contributed by atoms with Gasteiger partial charge in [0.1, 0.15) is 5.82 Å². The number of aromatic amines is 1. The van der Waals surface area contributed by atoms with Crippen LogP contribution in [0.4, 0.5) is 5.69 Å². The van der Waals surface area contributed by atoms with Crippen molar-refractivity contribution in [1.82, 2.24) is 9.97 Å². The Hall–Kier alpha value is -1.00. The number of imidazole rings is 1. The zero-order valence-corrected chi connectivity index (χ0v) is 11.1. The molecule has 3 nitrogen and oxygen atoms in total. The van der Waals surface area contributed by atoms with Crippen molar-refractivity contribution in [2.45, 2.75) is 13.5 Å². The maximum absolute atomic E-state index is 6.06. The van der Waals surface area contributed by atoms with Gasteiger partial charge < -0.3 is 10.3 Å². The van der Waals surface area contributed by atoms with Crippen LogP contribution >= 0.6 is 27.5 Å². The van der Waals surface area contributed by atoms with Crippen LogP contribution in [0.15, 0.2) is 28.9 Å². The third-order valence-electron chi connectivity index (χ3n) is 2.15. The van der Waals surface area contributed by atoms with Gasteiger partial charge in [-0.2, -0.15) is 0 Å². The average Bonchev–Trinajstić information content (AvgIpc) is 2.66.